The van der Waals surface area contributed by atoms with Gasteiger partial charge in [0.15, 0.2) is 11.5 Å². The highest BCUT2D eigenvalue weighted by Gasteiger charge is 2.33. The van der Waals surface area contributed by atoms with Gasteiger partial charge in [-0.15, -0.1) is 0 Å². The SMILES string of the molecule is COc1ccc(/C=C2\SC(=S)N(CC(=O)Nc3ccc(C)cc3C)C2=O)cc1OC. The molecule has 30 heavy (non-hydrogen) atoms. The Kier molecular flexibility index (Phi) is 6.79. The van der Waals surface area contributed by atoms with Gasteiger partial charge in [0.2, 0.25) is 5.91 Å². The Morgan fingerprint density at radius 1 is 1.13 bits per heavy atom. The lowest BCUT2D eigenvalue weighted by Crippen LogP contribution is -2.36. The average molecular weight is 443 g/mol. The van der Waals surface area contributed by atoms with Crippen molar-refractivity contribution in [2.24, 2.45) is 0 Å². The van der Waals surface area contributed by atoms with Crippen molar-refractivity contribution in [3.05, 3.63) is 58.0 Å². The summed E-state index contributed by atoms with van der Waals surface area (Å²) >= 11 is 6.50. The number of hydrogen-bond acceptors (Lipinski definition) is 6. The van der Waals surface area contributed by atoms with Crippen LogP contribution in [-0.4, -0.2) is 41.8 Å². The molecule has 0 spiro atoms. The summed E-state index contributed by atoms with van der Waals surface area (Å²) in [4.78, 5) is 27.1. The predicted octanol–water partition coefficient (Wildman–Crippen LogP) is 4.16. The molecule has 1 fully saturated rings. The van der Waals surface area contributed by atoms with Crippen molar-refractivity contribution in [2.45, 2.75) is 13.8 Å². The summed E-state index contributed by atoms with van der Waals surface area (Å²) in [5.74, 6) is 0.570. The lowest BCUT2D eigenvalue weighted by atomic mass is 10.1. The number of rotatable bonds is 6. The van der Waals surface area contributed by atoms with Crippen molar-refractivity contribution >= 4 is 51.9 Å². The molecule has 8 heteroatoms. The van der Waals surface area contributed by atoms with Gasteiger partial charge in [-0.1, -0.05) is 47.7 Å². The number of ether oxygens (including phenoxy) is 2. The molecule has 2 amide bonds. The predicted molar refractivity (Wildman–Crippen MR) is 124 cm³/mol. The Labute approximate surface area is 185 Å². The smallest absolute Gasteiger partial charge is 0.266 e. The fourth-order valence-electron chi connectivity index (χ4n) is 3.02. The fraction of sp³-hybridized carbons (Fsp3) is 0.227. The zero-order valence-corrected chi connectivity index (χ0v) is 18.8. The number of nitrogens with one attached hydrogen (secondary N) is 1. The molecule has 2 aromatic carbocycles. The highest BCUT2D eigenvalue weighted by atomic mass is 32.2. The molecule has 156 valence electrons. The minimum Gasteiger partial charge on any atom is -0.493 e. The van der Waals surface area contributed by atoms with E-state index in [1.807, 2.05) is 38.1 Å². The topological polar surface area (TPSA) is 67.9 Å². The molecule has 0 bridgehead atoms. The lowest BCUT2D eigenvalue weighted by Gasteiger charge is -2.15. The van der Waals surface area contributed by atoms with E-state index >= 15 is 0 Å². The first kappa shape index (κ1) is 21.9. The average Bonchev–Trinajstić information content (AvgIpc) is 2.97. The van der Waals surface area contributed by atoms with Gasteiger partial charge in [0.25, 0.3) is 5.91 Å². The van der Waals surface area contributed by atoms with E-state index < -0.39 is 0 Å². The monoisotopic (exact) mass is 442 g/mol. The summed E-state index contributed by atoms with van der Waals surface area (Å²) in [6, 6.07) is 11.1. The van der Waals surface area contributed by atoms with Crippen LogP contribution in [0.3, 0.4) is 0 Å². The maximum atomic E-state index is 12.8. The van der Waals surface area contributed by atoms with Crippen LogP contribution in [0.1, 0.15) is 16.7 Å². The number of carbonyl (C=O) groups is 2. The van der Waals surface area contributed by atoms with Gasteiger partial charge in [-0.3, -0.25) is 14.5 Å². The number of benzene rings is 2. The molecule has 1 N–H and O–H groups in total. The molecule has 0 radical (unpaired) electrons. The number of thioether (sulfide) groups is 1. The second kappa shape index (κ2) is 9.32. The van der Waals surface area contributed by atoms with Gasteiger partial charge in [0, 0.05) is 5.69 Å². The number of anilines is 1. The molecular weight excluding hydrogens is 420 g/mol. The molecule has 1 aliphatic heterocycles. The normalized spacial score (nSPS) is 14.9. The molecule has 0 unspecified atom stereocenters. The molecule has 0 saturated carbocycles. The minimum absolute atomic E-state index is 0.138. The van der Waals surface area contributed by atoms with Gasteiger partial charge in [0.1, 0.15) is 10.9 Å². The molecule has 1 aliphatic rings. The van der Waals surface area contributed by atoms with E-state index in [1.165, 1.54) is 16.7 Å². The molecule has 3 rings (SSSR count). The summed E-state index contributed by atoms with van der Waals surface area (Å²) < 4.78 is 10.9. The second-order valence-electron chi connectivity index (χ2n) is 6.75. The van der Waals surface area contributed by atoms with Crippen LogP contribution in [0.4, 0.5) is 5.69 Å². The minimum atomic E-state index is -0.300. The molecule has 0 aliphatic carbocycles. The van der Waals surface area contributed by atoms with Gasteiger partial charge < -0.3 is 14.8 Å². The summed E-state index contributed by atoms with van der Waals surface area (Å²) in [6.45, 7) is 3.78. The van der Waals surface area contributed by atoms with Crippen molar-refractivity contribution in [2.75, 3.05) is 26.1 Å². The molecule has 2 aromatic rings. The lowest BCUT2D eigenvalue weighted by molar-refractivity contribution is -0.126. The van der Waals surface area contributed by atoms with E-state index in [9.17, 15) is 9.59 Å². The highest BCUT2D eigenvalue weighted by Crippen LogP contribution is 2.34. The first-order valence-corrected chi connectivity index (χ1v) is 10.4. The third-order valence-corrected chi connectivity index (χ3v) is 5.91. The van der Waals surface area contributed by atoms with Gasteiger partial charge in [0.05, 0.1) is 19.1 Å². The first-order chi connectivity index (χ1) is 14.3. The molecule has 6 nitrogen and oxygen atoms in total. The van der Waals surface area contributed by atoms with Crippen LogP contribution in [0.2, 0.25) is 0 Å². The zero-order chi connectivity index (χ0) is 21.8. The first-order valence-electron chi connectivity index (χ1n) is 9.17. The molecule has 1 saturated heterocycles. The van der Waals surface area contributed by atoms with Gasteiger partial charge >= 0.3 is 0 Å². The highest BCUT2D eigenvalue weighted by molar-refractivity contribution is 8.26. The van der Waals surface area contributed by atoms with E-state index in [-0.39, 0.29) is 18.4 Å². The van der Waals surface area contributed by atoms with Gasteiger partial charge in [-0.05, 0) is 49.2 Å². The third kappa shape index (κ3) is 4.83. The zero-order valence-electron chi connectivity index (χ0n) is 17.1. The van der Waals surface area contributed by atoms with E-state index in [1.54, 1.807) is 32.4 Å². The second-order valence-corrected chi connectivity index (χ2v) is 8.42. The number of aryl methyl sites for hydroxylation is 2. The maximum absolute atomic E-state index is 12.8. The molecule has 1 heterocycles. The standard InChI is InChI=1S/C22H22N2O4S2/c1-13-5-7-16(14(2)9-13)23-20(25)12-24-21(26)19(30-22(24)29)11-15-6-8-17(27-3)18(10-15)28-4/h5-11H,12H2,1-4H3,(H,23,25)/b19-11-. The Balaban J connectivity index is 1.73. The quantitative estimate of drug-likeness (QED) is 0.535. The number of carbonyl (C=O) groups excluding carboxylic acids is 2. The summed E-state index contributed by atoms with van der Waals surface area (Å²) in [7, 11) is 3.11. The summed E-state index contributed by atoms with van der Waals surface area (Å²) in [6.07, 6.45) is 1.73. The number of hydrogen-bond donors (Lipinski definition) is 1. The van der Waals surface area contributed by atoms with Gasteiger partial charge in [-0.2, -0.15) is 0 Å². The van der Waals surface area contributed by atoms with Crippen LogP contribution in [0.25, 0.3) is 6.08 Å². The molecule has 0 aromatic heterocycles. The number of thiocarbonyl (C=S) groups is 1. The van der Waals surface area contributed by atoms with Gasteiger partial charge in [-0.25, -0.2) is 0 Å². The van der Waals surface area contributed by atoms with Crippen LogP contribution < -0.4 is 14.8 Å². The van der Waals surface area contributed by atoms with Crippen LogP contribution in [0.15, 0.2) is 41.3 Å². The van der Waals surface area contributed by atoms with E-state index in [0.29, 0.717) is 20.7 Å². The van der Waals surface area contributed by atoms with Crippen molar-refractivity contribution < 1.29 is 19.1 Å². The number of amides is 2. The Bertz CT molecular complexity index is 1050. The fourth-order valence-corrected chi connectivity index (χ4v) is 4.27. The maximum Gasteiger partial charge on any atom is 0.266 e. The Morgan fingerprint density at radius 2 is 1.87 bits per heavy atom. The third-order valence-electron chi connectivity index (χ3n) is 4.54. The number of methoxy groups -OCH3 is 2. The van der Waals surface area contributed by atoms with Crippen LogP contribution in [0.5, 0.6) is 11.5 Å². The summed E-state index contributed by atoms with van der Waals surface area (Å²) in [5, 5.41) is 2.85. The van der Waals surface area contributed by atoms with Crippen LogP contribution in [-0.2, 0) is 9.59 Å². The summed E-state index contributed by atoms with van der Waals surface area (Å²) in [5.41, 5.74) is 3.56. The van der Waals surface area contributed by atoms with Crippen molar-refractivity contribution in [3.8, 4) is 11.5 Å². The van der Waals surface area contributed by atoms with Crippen molar-refractivity contribution in [3.63, 3.8) is 0 Å². The molecular formula is C22H22N2O4S2. The van der Waals surface area contributed by atoms with Crippen LogP contribution in [0, 0.1) is 13.8 Å². The van der Waals surface area contributed by atoms with Crippen LogP contribution >= 0.6 is 24.0 Å². The van der Waals surface area contributed by atoms with E-state index in [4.69, 9.17) is 21.7 Å². The van der Waals surface area contributed by atoms with Crippen molar-refractivity contribution in [1.29, 1.82) is 0 Å². The van der Waals surface area contributed by atoms with E-state index in [2.05, 4.69) is 5.32 Å². The number of nitrogens with zero attached hydrogens (tertiary/aromatic N) is 1. The van der Waals surface area contributed by atoms with E-state index in [0.717, 1.165) is 22.4 Å². The Hall–Kier alpha value is -2.84. The largest absolute Gasteiger partial charge is 0.493 e. The Morgan fingerprint density at radius 3 is 2.53 bits per heavy atom. The molecule has 0 atom stereocenters. The van der Waals surface area contributed by atoms with Crippen molar-refractivity contribution in [1.82, 2.24) is 4.90 Å².